The Bertz CT molecular complexity index is 734. The summed E-state index contributed by atoms with van der Waals surface area (Å²) < 4.78 is 0.449. The van der Waals surface area contributed by atoms with Crippen molar-refractivity contribution in [1.29, 1.82) is 0 Å². The summed E-state index contributed by atoms with van der Waals surface area (Å²) in [7, 11) is 0. The highest BCUT2D eigenvalue weighted by molar-refractivity contribution is 9.10. The van der Waals surface area contributed by atoms with Crippen LogP contribution in [0.5, 0.6) is 0 Å². The van der Waals surface area contributed by atoms with Crippen LogP contribution in [-0.4, -0.2) is 31.8 Å². The van der Waals surface area contributed by atoms with Gasteiger partial charge in [0, 0.05) is 22.5 Å². The molecule has 23 heavy (non-hydrogen) atoms. The van der Waals surface area contributed by atoms with Gasteiger partial charge in [-0.25, -0.2) is 4.98 Å². The maximum absolute atomic E-state index is 11.9. The normalized spacial score (nSPS) is 10.8. The summed E-state index contributed by atoms with van der Waals surface area (Å²) in [6.45, 7) is 3.99. The van der Waals surface area contributed by atoms with E-state index < -0.39 is 4.92 Å². The highest BCUT2D eigenvalue weighted by Gasteiger charge is 2.13. The maximum atomic E-state index is 11.9. The van der Waals surface area contributed by atoms with Gasteiger partial charge in [-0.1, -0.05) is 25.6 Å². The van der Waals surface area contributed by atoms with E-state index in [1.165, 1.54) is 30.0 Å². The van der Waals surface area contributed by atoms with E-state index in [4.69, 9.17) is 0 Å². The van der Waals surface area contributed by atoms with Gasteiger partial charge in [0.25, 0.3) is 5.69 Å². The molecule has 122 valence electrons. The Morgan fingerprint density at radius 1 is 1.52 bits per heavy atom. The van der Waals surface area contributed by atoms with Crippen LogP contribution in [0.3, 0.4) is 0 Å². The number of rotatable bonds is 6. The van der Waals surface area contributed by atoms with Crippen molar-refractivity contribution in [2.75, 3.05) is 11.1 Å². The van der Waals surface area contributed by atoms with Crippen LogP contribution in [0.15, 0.2) is 27.8 Å². The molecule has 2 aromatic rings. The fourth-order valence-electron chi connectivity index (χ4n) is 1.62. The van der Waals surface area contributed by atoms with Crippen molar-refractivity contribution in [3.8, 4) is 0 Å². The van der Waals surface area contributed by atoms with Crippen LogP contribution in [0.1, 0.15) is 25.6 Å². The van der Waals surface area contributed by atoms with Crippen molar-refractivity contribution >= 4 is 45.0 Å². The van der Waals surface area contributed by atoms with E-state index in [1.807, 2.05) is 13.8 Å². The fourth-order valence-corrected chi connectivity index (χ4v) is 2.69. The minimum Gasteiger partial charge on any atom is -0.324 e. The SMILES string of the molecule is CC(C)c1nc(SCC(=O)Nc2ccc([N+](=O)[O-])cc2Br)n[nH]1. The number of amides is 1. The number of anilines is 1. The van der Waals surface area contributed by atoms with E-state index in [-0.39, 0.29) is 23.3 Å². The molecule has 0 fully saturated rings. The van der Waals surface area contributed by atoms with Crippen molar-refractivity contribution < 1.29 is 9.72 Å². The second kappa shape index (κ2) is 7.55. The van der Waals surface area contributed by atoms with Crippen LogP contribution in [0.25, 0.3) is 0 Å². The summed E-state index contributed by atoms with van der Waals surface area (Å²) in [5.41, 5.74) is 0.422. The zero-order valence-corrected chi connectivity index (χ0v) is 14.8. The number of benzene rings is 1. The summed E-state index contributed by atoms with van der Waals surface area (Å²) >= 11 is 4.41. The molecule has 0 saturated carbocycles. The van der Waals surface area contributed by atoms with Gasteiger partial charge in [0.05, 0.1) is 16.4 Å². The van der Waals surface area contributed by atoms with Gasteiger partial charge in [-0.05, 0) is 22.0 Å². The van der Waals surface area contributed by atoms with Crippen LogP contribution in [0, 0.1) is 10.1 Å². The smallest absolute Gasteiger partial charge is 0.270 e. The monoisotopic (exact) mass is 399 g/mol. The summed E-state index contributed by atoms with van der Waals surface area (Å²) in [5, 5.41) is 20.7. The Morgan fingerprint density at radius 3 is 2.83 bits per heavy atom. The number of carbonyl (C=O) groups excluding carboxylic acids is 1. The Balaban J connectivity index is 1.93. The lowest BCUT2D eigenvalue weighted by Gasteiger charge is -2.06. The number of nitro benzene ring substituents is 1. The molecule has 8 nitrogen and oxygen atoms in total. The molecule has 1 aromatic carbocycles. The standard InChI is InChI=1S/C13H14BrN5O3S/c1-7(2)12-16-13(18-17-12)23-6-11(20)15-10-4-3-8(19(21)22)5-9(10)14/h3-5,7H,6H2,1-2H3,(H,15,20)(H,16,17,18). The van der Waals surface area contributed by atoms with Crippen LogP contribution >= 0.6 is 27.7 Å². The van der Waals surface area contributed by atoms with Crippen molar-refractivity contribution in [1.82, 2.24) is 15.2 Å². The van der Waals surface area contributed by atoms with Gasteiger partial charge < -0.3 is 5.32 Å². The molecule has 0 bridgehead atoms. The van der Waals surface area contributed by atoms with E-state index in [9.17, 15) is 14.9 Å². The minimum atomic E-state index is -0.498. The zero-order chi connectivity index (χ0) is 17.0. The van der Waals surface area contributed by atoms with Gasteiger partial charge in [0.1, 0.15) is 5.82 Å². The Morgan fingerprint density at radius 2 is 2.26 bits per heavy atom. The number of hydrogen-bond donors (Lipinski definition) is 2. The van der Waals surface area contributed by atoms with Gasteiger partial charge in [0.2, 0.25) is 11.1 Å². The van der Waals surface area contributed by atoms with Gasteiger partial charge in [-0.2, -0.15) is 0 Å². The second-order valence-corrected chi connectivity index (χ2v) is 6.71. The minimum absolute atomic E-state index is 0.0498. The summed E-state index contributed by atoms with van der Waals surface area (Å²) in [4.78, 5) is 26.4. The molecule has 1 heterocycles. The number of nitro groups is 1. The second-order valence-electron chi connectivity index (χ2n) is 4.92. The van der Waals surface area contributed by atoms with Crippen molar-refractivity contribution in [2.45, 2.75) is 24.9 Å². The number of aromatic amines is 1. The van der Waals surface area contributed by atoms with Crippen molar-refractivity contribution in [2.24, 2.45) is 0 Å². The molecule has 2 N–H and O–H groups in total. The lowest BCUT2D eigenvalue weighted by Crippen LogP contribution is -2.14. The number of aromatic nitrogens is 3. The lowest BCUT2D eigenvalue weighted by molar-refractivity contribution is -0.384. The Kier molecular flexibility index (Phi) is 5.72. The quantitative estimate of drug-likeness (QED) is 0.437. The number of hydrogen-bond acceptors (Lipinski definition) is 6. The molecule has 0 spiro atoms. The third kappa shape index (κ3) is 4.76. The first-order valence-corrected chi connectivity index (χ1v) is 8.43. The highest BCUT2D eigenvalue weighted by atomic mass is 79.9. The molecule has 0 atom stereocenters. The largest absolute Gasteiger partial charge is 0.324 e. The number of non-ortho nitro benzene ring substituents is 1. The number of thioether (sulfide) groups is 1. The molecule has 0 aliphatic rings. The van der Waals surface area contributed by atoms with Crippen LogP contribution < -0.4 is 5.32 Å². The van der Waals surface area contributed by atoms with E-state index in [2.05, 4.69) is 36.4 Å². The first-order valence-electron chi connectivity index (χ1n) is 6.65. The number of halogens is 1. The molecule has 0 aliphatic heterocycles. The Hall–Kier alpha value is -1.94. The lowest BCUT2D eigenvalue weighted by atomic mass is 10.2. The number of nitrogens with zero attached hydrogens (tertiary/aromatic N) is 3. The van der Waals surface area contributed by atoms with Crippen LogP contribution in [0.2, 0.25) is 0 Å². The van der Waals surface area contributed by atoms with Crippen LogP contribution in [-0.2, 0) is 4.79 Å². The average Bonchev–Trinajstić information content (AvgIpc) is 2.96. The molecular weight excluding hydrogens is 386 g/mol. The molecule has 2 rings (SSSR count). The number of nitrogens with one attached hydrogen (secondary N) is 2. The molecule has 0 unspecified atom stereocenters. The molecular formula is C13H14BrN5O3S. The zero-order valence-electron chi connectivity index (χ0n) is 12.4. The van der Waals surface area contributed by atoms with Crippen molar-refractivity contribution in [3.63, 3.8) is 0 Å². The third-order valence-electron chi connectivity index (χ3n) is 2.80. The summed E-state index contributed by atoms with van der Waals surface area (Å²) in [6.07, 6.45) is 0. The van der Waals surface area contributed by atoms with E-state index in [0.717, 1.165) is 5.82 Å². The van der Waals surface area contributed by atoms with E-state index in [1.54, 1.807) is 0 Å². The van der Waals surface area contributed by atoms with Crippen LogP contribution in [0.4, 0.5) is 11.4 Å². The number of carbonyl (C=O) groups is 1. The molecule has 10 heteroatoms. The topological polar surface area (TPSA) is 114 Å². The molecule has 0 radical (unpaired) electrons. The first kappa shape index (κ1) is 17.4. The van der Waals surface area contributed by atoms with Gasteiger partial charge in [-0.15, -0.1) is 5.10 Å². The average molecular weight is 400 g/mol. The maximum Gasteiger partial charge on any atom is 0.270 e. The van der Waals surface area contributed by atoms with Crippen molar-refractivity contribution in [3.05, 3.63) is 38.6 Å². The van der Waals surface area contributed by atoms with Gasteiger partial charge >= 0.3 is 0 Å². The van der Waals surface area contributed by atoms with E-state index in [0.29, 0.717) is 15.3 Å². The third-order valence-corrected chi connectivity index (χ3v) is 4.30. The first-order chi connectivity index (χ1) is 10.9. The summed E-state index contributed by atoms with van der Waals surface area (Å²) in [5.74, 6) is 0.895. The predicted molar refractivity (Wildman–Crippen MR) is 90.6 cm³/mol. The molecule has 0 saturated heterocycles. The van der Waals surface area contributed by atoms with E-state index >= 15 is 0 Å². The van der Waals surface area contributed by atoms with Gasteiger partial charge in [0.15, 0.2) is 0 Å². The Labute approximate surface area is 144 Å². The van der Waals surface area contributed by atoms with Gasteiger partial charge in [-0.3, -0.25) is 20.0 Å². The predicted octanol–water partition coefficient (Wildman–Crippen LogP) is 3.33. The molecule has 0 aliphatic carbocycles. The molecule has 1 aromatic heterocycles. The summed E-state index contributed by atoms with van der Waals surface area (Å²) in [6, 6.07) is 4.15. The number of H-pyrrole nitrogens is 1. The fraction of sp³-hybridized carbons (Fsp3) is 0.308. The highest BCUT2D eigenvalue weighted by Crippen LogP contribution is 2.27. The molecule has 1 amide bonds.